The molecule has 6 nitrogen and oxygen atoms in total. The van der Waals surface area contributed by atoms with E-state index in [0.29, 0.717) is 28.1 Å². The van der Waals surface area contributed by atoms with Crippen molar-refractivity contribution in [2.45, 2.75) is 26.8 Å². The molecule has 0 saturated carbocycles. The molecule has 1 aromatic rings. The molecular formula is C17H18BrN3O3. The average molecular weight is 392 g/mol. The van der Waals surface area contributed by atoms with E-state index >= 15 is 0 Å². The van der Waals surface area contributed by atoms with Crippen molar-refractivity contribution in [3.8, 4) is 23.6 Å². The highest BCUT2D eigenvalue weighted by atomic mass is 79.9. The minimum Gasteiger partial charge on any atom is -0.490 e. The largest absolute Gasteiger partial charge is 0.490 e. The van der Waals surface area contributed by atoms with Crippen molar-refractivity contribution < 1.29 is 14.3 Å². The summed E-state index contributed by atoms with van der Waals surface area (Å²) in [5.74, 6) is 0.401. The number of rotatable bonds is 7. The Balaban J connectivity index is 3.25. The first-order valence-corrected chi connectivity index (χ1v) is 8.11. The maximum absolute atomic E-state index is 12.0. The lowest BCUT2D eigenvalue weighted by atomic mass is 10.1. The molecular weight excluding hydrogens is 374 g/mol. The Morgan fingerprint density at radius 3 is 2.54 bits per heavy atom. The first-order valence-electron chi connectivity index (χ1n) is 7.31. The Morgan fingerprint density at radius 2 is 2.00 bits per heavy atom. The van der Waals surface area contributed by atoms with Gasteiger partial charge in [-0.15, -0.1) is 0 Å². The van der Waals surface area contributed by atoms with Crippen LogP contribution in [0.15, 0.2) is 22.2 Å². The predicted octanol–water partition coefficient (Wildman–Crippen LogP) is 3.18. The number of ether oxygens (including phenoxy) is 2. The number of nitrogens with zero attached hydrogens (tertiary/aromatic N) is 2. The summed E-state index contributed by atoms with van der Waals surface area (Å²) in [5, 5.41) is 20.5. The second-order valence-electron chi connectivity index (χ2n) is 5.00. The minimum absolute atomic E-state index is 0.0162. The fourth-order valence-corrected chi connectivity index (χ4v) is 2.23. The van der Waals surface area contributed by atoms with Crippen LogP contribution in [0.4, 0.5) is 0 Å². The molecule has 0 aliphatic rings. The summed E-state index contributed by atoms with van der Waals surface area (Å²) in [4.78, 5) is 12.0. The second-order valence-corrected chi connectivity index (χ2v) is 5.85. The second kappa shape index (κ2) is 9.59. The van der Waals surface area contributed by atoms with E-state index in [1.807, 2.05) is 32.9 Å². The Kier molecular flexibility index (Phi) is 7.81. The molecule has 7 heteroatoms. The molecule has 1 amide bonds. The molecule has 0 bridgehead atoms. The molecule has 0 heterocycles. The van der Waals surface area contributed by atoms with Crippen LogP contribution in [0.5, 0.6) is 11.5 Å². The number of hydrogen-bond acceptors (Lipinski definition) is 5. The molecule has 24 heavy (non-hydrogen) atoms. The number of benzene rings is 1. The van der Waals surface area contributed by atoms with Gasteiger partial charge in [-0.1, -0.05) is 15.9 Å². The number of nitriles is 2. The van der Waals surface area contributed by atoms with Crippen molar-refractivity contribution in [3.05, 3.63) is 27.7 Å². The van der Waals surface area contributed by atoms with Gasteiger partial charge >= 0.3 is 0 Å². The van der Waals surface area contributed by atoms with E-state index in [2.05, 4.69) is 21.2 Å². The van der Waals surface area contributed by atoms with E-state index in [0.717, 1.165) is 0 Å². The number of amides is 1. The monoisotopic (exact) mass is 391 g/mol. The fraction of sp³-hybridized carbons (Fsp3) is 0.353. The normalized spacial score (nSPS) is 10.7. The molecule has 1 aromatic carbocycles. The van der Waals surface area contributed by atoms with Gasteiger partial charge in [-0.25, -0.2) is 0 Å². The zero-order chi connectivity index (χ0) is 18.1. The summed E-state index contributed by atoms with van der Waals surface area (Å²) in [6, 6.07) is 7.01. The quantitative estimate of drug-likeness (QED) is 0.568. The number of halogens is 1. The van der Waals surface area contributed by atoms with E-state index in [9.17, 15) is 10.1 Å². The highest BCUT2D eigenvalue weighted by molar-refractivity contribution is 9.10. The lowest BCUT2D eigenvalue weighted by Crippen LogP contribution is -2.30. The van der Waals surface area contributed by atoms with Crippen molar-refractivity contribution in [2.24, 2.45) is 0 Å². The Hall–Kier alpha value is -2.51. The van der Waals surface area contributed by atoms with Crippen LogP contribution in [0, 0.1) is 22.7 Å². The molecule has 0 aromatic heterocycles. The van der Waals surface area contributed by atoms with Gasteiger partial charge in [0.2, 0.25) is 0 Å². The summed E-state index contributed by atoms with van der Waals surface area (Å²) < 4.78 is 11.4. The summed E-state index contributed by atoms with van der Waals surface area (Å²) in [5.41, 5.74) is 0.579. The molecule has 0 unspecified atom stereocenters. The molecule has 0 aliphatic carbocycles. The molecule has 0 atom stereocenters. The van der Waals surface area contributed by atoms with Gasteiger partial charge in [0, 0.05) is 10.5 Å². The molecule has 126 valence electrons. The predicted molar refractivity (Wildman–Crippen MR) is 93.3 cm³/mol. The van der Waals surface area contributed by atoms with Gasteiger partial charge < -0.3 is 14.8 Å². The van der Waals surface area contributed by atoms with Crippen LogP contribution in [0.3, 0.4) is 0 Å². The Labute approximate surface area is 149 Å². The fourth-order valence-electron chi connectivity index (χ4n) is 1.80. The van der Waals surface area contributed by atoms with Crippen molar-refractivity contribution in [1.82, 2.24) is 5.32 Å². The zero-order valence-corrected chi connectivity index (χ0v) is 15.3. The van der Waals surface area contributed by atoms with Gasteiger partial charge in [0.05, 0.1) is 6.61 Å². The van der Waals surface area contributed by atoms with Gasteiger partial charge in [-0.3, -0.25) is 4.79 Å². The van der Waals surface area contributed by atoms with Crippen LogP contribution < -0.4 is 14.8 Å². The maximum atomic E-state index is 12.0. The number of hydrogen-bond donors (Lipinski definition) is 1. The highest BCUT2D eigenvalue weighted by Gasteiger charge is 2.14. The van der Waals surface area contributed by atoms with Gasteiger partial charge in [0.25, 0.3) is 5.91 Å². The first kappa shape index (κ1) is 19.5. The SMILES string of the molecule is CCOc1cc(/C=C(/C#N)C(=O)NC(C)C)c(Br)cc1OCC#N. The van der Waals surface area contributed by atoms with Crippen molar-refractivity contribution >= 4 is 27.9 Å². The molecule has 0 radical (unpaired) electrons. The van der Waals surface area contributed by atoms with Crippen LogP contribution in [0.1, 0.15) is 26.3 Å². The van der Waals surface area contributed by atoms with Gasteiger partial charge in [-0.2, -0.15) is 10.5 Å². The standard InChI is InChI=1S/C17H18BrN3O3/c1-4-23-15-8-12(14(18)9-16(15)24-6-5-19)7-13(10-20)17(22)21-11(2)3/h7-9,11H,4,6H2,1-3H3,(H,21,22)/b13-7-. The first-order chi connectivity index (χ1) is 11.4. The number of nitrogens with one attached hydrogen (secondary N) is 1. The van der Waals surface area contributed by atoms with Gasteiger partial charge in [0.15, 0.2) is 18.1 Å². The van der Waals surface area contributed by atoms with E-state index in [1.165, 1.54) is 6.08 Å². The van der Waals surface area contributed by atoms with Crippen LogP contribution >= 0.6 is 15.9 Å². The van der Waals surface area contributed by atoms with Crippen LogP contribution in [0.2, 0.25) is 0 Å². The van der Waals surface area contributed by atoms with E-state index in [-0.39, 0.29) is 18.2 Å². The van der Waals surface area contributed by atoms with Crippen LogP contribution in [-0.4, -0.2) is 25.2 Å². The lowest BCUT2D eigenvalue weighted by molar-refractivity contribution is -0.117. The van der Waals surface area contributed by atoms with Crippen LogP contribution in [-0.2, 0) is 4.79 Å². The molecule has 1 rings (SSSR count). The van der Waals surface area contributed by atoms with Crippen molar-refractivity contribution in [1.29, 1.82) is 10.5 Å². The van der Waals surface area contributed by atoms with E-state index in [4.69, 9.17) is 14.7 Å². The smallest absolute Gasteiger partial charge is 0.262 e. The molecule has 0 saturated heterocycles. The molecule has 0 aliphatic heterocycles. The Bertz CT molecular complexity index is 715. The van der Waals surface area contributed by atoms with Gasteiger partial charge in [0.1, 0.15) is 17.7 Å². The minimum atomic E-state index is -0.442. The van der Waals surface area contributed by atoms with Crippen LogP contribution in [0.25, 0.3) is 6.08 Å². The zero-order valence-electron chi connectivity index (χ0n) is 13.7. The van der Waals surface area contributed by atoms with Crippen molar-refractivity contribution in [3.63, 3.8) is 0 Å². The van der Waals surface area contributed by atoms with E-state index < -0.39 is 5.91 Å². The third-order valence-electron chi connectivity index (χ3n) is 2.74. The highest BCUT2D eigenvalue weighted by Crippen LogP contribution is 2.35. The summed E-state index contributed by atoms with van der Waals surface area (Å²) in [6.07, 6.45) is 1.47. The maximum Gasteiger partial charge on any atom is 0.262 e. The summed E-state index contributed by atoms with van der Waals surface area (Å²) in [6.45, 7) is 5.76. The number of carbonyl (C=O) groups is 1. The summed E-state index contributed by atoms with van der Waals surface area (Å²) >= 11 is 3.38. The summed E-state index contributed by atoms with van der Waals surface area (Å²) in [7, 11) is 0. The van der Waals surface area contributed by atoms with E-state index in [1.54, 1.807) is 12.1 Å². The topological polar surface area (TPSA) is 95.1 Å². The molecule has 0 spiro atoms. The number of carbonyl (C=O) groups excluding carboxylic acids is 1. The molecule has 0 fully saturated rings. The van der Waals surface area contributed by atoms with Gasteiger partial charge in [-0.05, 0) is 44.5 Å². The molecule has 1 N–H and O–H groups in total. The Morgan fingerprint density at radius 1 is 1.33 bits per heavy atom. The third kappa shape index (κ3) is 5.60. The third-order valence-corrected chi connectivity index (χ3v) is 3.43. The van der Waals surface area contributed by atoms with Crippen molar-refractivity contribution in [2.75, 3.05) is 13.2 Å². The lowest BCUT2D eigenvalue weighted by Gasteiger charge is -2.13. The average Bonchev–Trinajstić information content (AvgIpc) is 2.52.